The molecule has 0 spiro atoms. The van der Waals surface area contributed by atoms with Crippen LogP contribution >= 0.6 is 0 Å². The number of unbranched alkanes of at least 4 members (excludes halogenated alkanes) is 1. The highest BCUT2D eigenvalue weighted by atomic mass is 16.5. The van der Waals surface area contributed by atoms with Gasteiger partial charge in [-0.05, 0) is 56.0 Å². The zero-order valence-corrected chi connectivity index (χ0v) is 20.1. The molecule has 0 aromatic heterocycles. The van der Waals surface area contributed by atoms with Gasteiger partial charge in [-0.2, -0.15) is 0 Å². The average Bonchev–Trinajstić information content (AvgIpc) is 2.87. The van der Waals surface area contributed by atoms with Crippen molar-refractivity contribution < 1.29 is 19.1 Å². The second-order valence-corrected chi connectivity index (χ2v) is 8.46. The molecule has 0 N–H and O–H groups in total. The van der Waals surface area contributed by atoms with Crippen molar-refractivity contribution in [1.29, 1.82) is 0 Å². The fourth-order valence-corrected chi connectivity index (χ4v) is 4.25. The number of hydrogen-bond donors (Lipinski definition) is 0. The van der Waals surface area contributed by atoms with E-state index in [1.54, 1.807) is 13.2 Å². The van der Waals surface area contributed by atoms with Crippen molar-refractivity contribution in [1.82, 2.24) is 9.80 Å². The summed E-state index contributed by atoms with van der Waals surface area (Å²) in [5.41, 5.74) is 1.32. The van der Waals surface area contributed by atoms with Crippen molar-refractivity contribution in [3.63, 3.8) is 0 Å². The van der Waals surface area contributed by atoms with Crippen LogP contribution in [0.4, 0.5) is 0 Å². The minimum absolute atomic E-state index is 0.00286. The van der Waals surface area contributed by atoms with Crippen molar-refractivity contribution >= 4 is 11.8 Å². The molecular formula is C27H36N2O4. The molecule has 0 saturated carbocycles. The number of hydrogen-bond acceptors (Lipinski definition) is 4. The van der Waals surface area contributed by atoms with Gasteiger partial charge < -0.3 is 19.3 Å². The van der Waals surface area contributed by atoms with E-state index in [0.717, 1.165) is 32.1 Å². The molecule has 1 aliphatic heterocycles. The number of ether oxygens (including phenoxy) is 2. The van der Waals surface area contributed by atoms with E-state index in [2.05, 4.69) is 13.8 Å². The number of carbonyl (C=O) groups is 2. The number of methoxy groups -OCH3 is 1. The molecule has 1 heterocycles. The normalized spacial score (nSPS) is 14.1. The third kappa shape index (κ3) is 6.28. The average molecular weight is 453 g/mol. The van der Waals surface area contributed by atoms with Gasteiger partial charge in [0.1, 0.15) is 0 Å². The van der Waals surface area contributed by atoms with E-state index >= 15 is 0 Å². The molecule has 178 valence electrons. The first-order valence-corrected chi connectivity index (χ1v) is 12.0. The van der Waals surface area contributed by atoms with Gasteiger partial charge >= 0.3 is 0 Å². The van der Waals surface area contributed by atoms with Crippen molar-refractivity contribution in [2.75, 3.05) is 33.4 Å². The van der Waals surface area contributed by atoms with Gasteiger partial charge in [-0.15, -0.1) is 0 Å². The van der Waals surface area contributed by atoms with E-state index in [-0.39, 0.29) is 17.9 Å². The largest absolute Gasteiger partial charge is 0.493 e. The van der Waals surface area contributed by atoms with E-state index in [1.165, 1.54) is 0 Å². The van der Waals surface area contributed by atoms with Crippen LogP contribution < -0.4 is 9.47 Å². The number of amides is 2. The maximum Gasteiger partial charge on any atom is 0.254 e. The standard InChI is InChI=1S/C27H36N2O4/c1-4-6-19-33-24-13-12-22(20-25(24)32-3)27(31)29(16-5-2)23-14-17-28(18-15-23)26(30)21-10-8-7-9-11-21/h7-13,20,23H,4-6,14-19H2,1-3H3. The molecule has 0 bridgehead atoms. The Hall–Kier alpha value is -3.02. The summed E-state index contributed by atoms with van der Waals surface area (Å²) in [5, 5.41) is 0. The number of carbonyl (C=O) groups excluding carboxylic acids is 2. The van der Waals surface area contributed by atoms with E-state index in [9.17, 15) is 9.59 Å². The lowest BCUT2D eigenvalue weighted by Gasteiger charge is -2.38. The SMILES string of the molecule is CCCCOc1ccc(C(=O)N(CCC)C2CCN(C(=O)c3ccccc3)CC2)cc1OC. The van der Waals surface area contributed by atoms with Crippen LogP contribution in [0.5, 0.6) is 11.5 Å². The number of rotatable bonds is 10. The lowest BCUT2D eigenvalue weighted by molar-refractivity contribution is 0.0519. The van der Waals surface area contributed by atoms with Crippen LogP contribution in [0.3, 0.4) is 0 Å². The molecule has 2 aromatic rings. The molecule has 33 heavy (non-hydrogen) atoms. The molecule has 2 amide bonds. The van der Waals surface area contributed by atoms with Crippen LogP contribution in [-0.2, 0) is 0 Å². The van der Waals surface area contributed by atoms with Gasteiger partial charge in [0.25, 0.3) is 11.8 Å². The highest BCUT2D eigenvalue weighted by Gasteiger charge is 2.30. The number of piperidine rings is 1. The van der Waals surface area contributed by atoms with Crippen molar-refractivity contribution in [2.45, 2.75) is 52.0 Å². The van der Waals surface area contributed by atoms with Gasteiger partial charge in [0.2, 0.25) is 0 Å². The summed E-state index contributed by atoms with van der Waals surface area (Å²) in [6.07, 6.45) is 4.46. The van der Waals surface area contributed by atoms with E-state index < -0.39 is 0 Å². The smallest absolute Gasteiger partial charge is 0.254 e. The summed E-state index contributed by atoms with van der Waals surface area (Å²) in [4.78, 5) is 30.1. The molecule has 2 aromatic carbocycles. The second kappa shape index (κ2) is 12.3. The first kappa shape index (κ1) is 24.6. The molecular weight excluding hydrogens is 416 g/mol. The Balaban J connectivity index is 1.67. The predicted octanol–water partition coefficient (Wildman–Crippen LogP) is 5.03. The molecule has 0 unspecified atom stereocenters. The summed E-state index contributed by atoms with van der Waals surface area (Å²) < 4.78 is 11.3. The quantitative estimate of drug-likeness (QED) is 0.475. The fraction of sp³-hybridized carbons (Fsp3) is 0.481. The molecule has 0 radical (unpaired) electrons. The van der Waals surface area contributed by atoms with Gasteiger partial charge in [-0.1, -0.05) is 38.5 Å². The Morgan fingerprint density at radius 2 is 1.70 bits per heavy atom. The third-order valence-electron chi connectivity index (χ3n) is 6.10. The minimum atomic E-state index is 0.00286. The van der Waals surface area contributed by atoms with Gasteiger partial charge in [0.15, 0.2) is 11.5 Å². The first-order valence-electron chi connectivity index (χ1n) is 12.0. The van der Waals surface area contributed by atoms with Crippen molar-refractivity contribution in [3.05, 3.63) is 59.7 Å². The summed E-state index contributed by atoms with van der Waals surface area (Å²) in [6.45, 7) is 6.82. The molecule has 1 fully saturated rings. The molecule has 6 nitrogen and oxygen atoms in total. The summed E-state index contributed by atoms with van der Waals surface area (Å²) >= 11 is 0. The highest BCUT2D eigenvalue weighted by molar-refractivity contribution is 5.95. The molecule has 1 saturated heterocycles. The van der Waals surface area contributed by atoms with E-state index in [0.29, 0.717) is 48.9 Å². The topological polar surface area (TPSA) is 59.1 Å². The summed E-state index contributed by atoms with van der Waals surface area (Å²) in [5.74, 6) is 1.31. The van der Waals surface area contributed by atoms with Gasteiger partial charge in [0, 0.05) is 36.8 Å². The molecule has 1 aliphatic rings. The number of likely N-dealkylation sites (tertiary alicyclic amines) is 1. The third-order valence-corrected chi connectivity index (χ3v) is 6.10. The van der Waals surface area contributed by atoms with Gasteiger partial charge in [-0.3, -0.25) is 9.59 Å². The summed E-state index contributed by atoms with van der Waals surface area (Å²) in [7, 11) is 1.60. The zero-order chi connectivity index (χ0) is 23.6. The van der Waals surface area contributed by atoms with Gasteiger partial charge in [-0.25, -0.2) is 0 Å². The Morgan fingerprint density at radius 3 is 2.33 bits per heavy atom. The Labute approximate surface area is 197 Å². The molecule has 6 heteroatoms. The lowest BCUT2D eigenvalue weighted by Crippen LogP contribution is -2.49. The second-order valence-electron chi connectivity index (χ2n) is 8.46. The number of nitrogens with zero attached hydrogens (tertiary/aromatic N) is 2. The maximum atomic E-state index is 13.5. The number of benzene rings is 2. The van der Waals surface area contributed by atoms with Crippen LogP contribution in [0.25, 0.3) is 0 Å². The lowest BCUT2D eigenvalue weighted by atomic mass is 10.0. The highest BCUT2D eigenvalue weighted by Crippen LogP contribution is 2.30. The van der Waals surface area contributed by atoms with Crippen LogP contribution in [0.1, 0.15) is 66.7 Å². The Kier molecular flexibility index (Phi) is 9.16. The molecule has 3 rings (SSSR count). The zero-order valence-electron chi connectivity index (χ0n) is 20.1. The Morgan fingerprint density at radius 1 is 0.970 bits per heavy atom. The summed E-state index contributed by atoms with van der Waals surface area (Å²) in [6, 6.07) is 14.9. The first-order chi connectivity index (χ1) is 16.1. The van der Waals surface area contributed by atoms with E-state index in [4.69, 9.17) is 9.47 Å². The van der Waals surface area contributed by atoms with E-state index in [1.807, 2.05) is 52.3 Å². The van der Waals surface area contributed by atoms with Crippen LogP contribution in [0.15, 0.2) is 48.5 Å². The molecule has 0 atom stereocenters. The van der Waals surface area contributed by atoms with Crippen LogP contribution in [0.2, 0.25) is 0 Å². The van der Waals surface area contributed by atoms with Crippen LogP contribution in [-0.4, -0.2) is 61.0 Å². The monoisotopic (exact) mass is 452 g/mol. The Bertz CT molecular complexity index is 908. The minimum Gasteiger partial charge on any atom is -0.493 e. The van der Waals surface area contributed by atoms with Crippen molar-refractivity contribution in [3.8, 4) is 11.5 Å². The van der Waals surface area contributed by atoms with Crippen LogP contribution in [0, 0.1) is 0 Å². The van der Waals surface area contributed by atoms with Gasteiger partial charge in [0.05, 0.1) is 13.7 Å². The fourth-order valence-electron chi connectivity index (χ4n) is 4.25. The van der Waals surface area contributed by atoms with Crippen molar-refractivity contribution in [2.24, 2.45) is 0 Å². The maximum absolute atomic E-state index is 13.5. The predicted molar refractivity (Wildman–Crippen MR) is 130 cm³/mol. The molecule has 0 aliphatic carbocycles.